The van der Waals surface area contributed by atoms with Crippen molar-refractivity contribution < 1.29 is 28.4 Å². The molecule has 0 radical (unpaired) electrons. The summed E-state index contributed by atoms with van der Waals surface area (Å²) in [5.74, 6) is 12.0. The first kappa shape index (κ1) is 22.6. The molecule has 1 saturated heterocycles. The van der Waals surface area contributed by atoms with Gasteiger partial charge in [-0.1, -0.05) is 29.6 Å². The molecule has 1 heterocycles. The molecule has 142 valence electrons. The van der Waals surface area contributed by atoms with Crippen LogP contribution in [0.3, 0.4) is 0 Å². The largest absolute Gasteiger partial charge is 0.366 e. The van der Waals surface area contributed by atoms with Crippen LogP contribution in [-0.2, 0) is 28.4 Å². The maximum absolute atomic E-state index is 5.93. The van der Waals surface area contributed by atoms with Gasteiger partial charge in [0.15, 0.2) is 6.29 Å². The molecule has 0 aromatic carbocycles. The lowest BCUT2D eigenvalue weighted by Gasteiger charge is -2.45. The summed E-state index contributed by atoms with van der Waals surface area (Å²) < 4.78 is 34.1. The topological polar surface area (TPSA) is 55.4 Å². The first-order valence-corrected chi connectivity index (χ1v) is 8.10. The summed E-state index contributed by atoms with van der Waals surface area (Å²) in [4.78, 5) is 0. The van der Waals surface area contributed by atoms with E-state index in [1.54, 1.807) is 0 Å². The highest BCUT2D eigenvalue weighted by molar-refractivity contribution is 4.98. The summed E-state index contributed by atoms with van der Waals surface area (Å²) in [7, 11) is 0. The van der Waals surface area contributed by atoms with E-state index in [4.69, 9.17) is 60.5 Å². The van der Waals surface area contributed by atoms with Gasteiger partial charge in [0.25, 0.3) is 0 Å². The third kappa shape index (κ3) is 7.37. The van der Waals surface area contributed by atoms with Gasteiger partial charge in [-0.05, 0) is 0 Å². The second kappa shape index (κ2) is 13.7. The lowest BCUT2D eigenvalue weighted by Crippen LogP contribution is -2.62. The van der Waals surface area contributed by atoms with Crippen LogP contribution in [0.15, 0.2) is 0 Å². The summed E-state index contributed by atoms with van der Waals surface area (Å²) in [6, 6.07) is 0. The number of hydrogen-bond donors (Lipinski definition) is 0. The summed E-state index contributed by atoms with van der Waals surface area (Å²) in [5.41, 5.74) is 0. The van der Waals surface area contributed by atoms with E-state index in [0.29, 0.717) is 0 Å². The van der Waals surface area contributed by atoms with Gasteiger partial charge in [-0.3, -0.25) is 0 Å². The molecule has 0 bridgehead atoms. The van der Waals surface area contributed by atoms with Crippen LogP contribution >= 0.6 is 0 Å². The molecule has 0 aromatic rings. The number of hydrogen-bond acceptors (Lipinski definition) is 6. The average molecular weight is 370 g/mol. The third-order valence-corrected chi connectivity index (χ3v) is 3.47. The maximum atomic E-state index is 5.93. The summed E-state index contributed by atoms with van der Waals surface area (Å²) >= 11 is 0. The van der Waals surface area contributed by atoms with Crippen LogP contribution in [-0.4, -0.2) is 70.3 Å². The van der Waals surface area contributed by atoms with Crippen LogP contribution in [0.1, 0.15) is 0 Å². The first-order valence-electron chi connectivity index (χ1n) is 8.10. The van der Waals surface area contributed by atoms with Crippen molar-refractivity contribution in [2.45, 2.75) is 30.7 Å². The zero-order valence-corrected chi connectivity index (χ0v) is 15.0. The van der Waals surface area contributed by atoms with Gasteiger partial charge < -0.3 is 28.4 Å². The Bertz CT molecular complexity index is 638. The summed E-state index contributed by atoms with van der Waals surface area (Å²) in [5, 5.41) is 0. The van der Waals surface area contributed by atoms with Crippen molar-refractivity contribution >= 4 is 0 Å². The zero-order chi connectivity index (χ0) is 19.9. The van der Waals surface area contributed by atoms with Gasteiger partial charge in [-0.15, -0.1) is 32.1 Å². The molecule has 3 unspecified atom stereocenters. The molecule has 6 nitrogen and oxygen atoms in total. The second-order valence-electron chi connectivity index (χ2n) is 5.22. The van der Waals surface area contributed by atoms with Crippen LogP contribution in [0.2, 0.25) is 0 Å². The van der Waals surface area contributed by atoms with Crippen LogP contribution in [0, 0.1) is 61.7 Å². The van der Waals surface area contributed by atoms with Gasteiger partial charge in [0.05, 0.1) is 6.61 Å². The van der Waals surface area contributed by atoms with E-state index in [9.17, 15) is 0 Å². The minimum absolute atomic E-state index is 0.0000269. The van der Waals surface area contributed by atoms with E-state index in [1.807, 2.05) is 0 Å². The second-order valence-corrected chi connectivity index (χ2v) is 5.22. The Morgan fingerprint density at radius 2 is 1.07 bits per heavy atom. The molecular weight excluding hydrogens is 348 g/mol. The molecule has 5 atom stereocenters. The van der Waals surface area contributed by atoms with Crippen molar-refractivity contribution in [2.75, 3.05) is 39.6 Å². The Morgan fingerprint density at radius 3 is 1.63 bits per heavy atom. The fraction of sp³-hybridized carbons (Fsp3) is 0.524. The Hall–Kier alpha value is -2.44. The monoisotopic (exact) mass is 370 g/mol. The van der Waals surface area contributed by atoms with Crippen molar-refractivity contribution in [3.8, 4) is 61.7 Å². The molecule has 0 spiro atoms. The highest BCUT2D eigenvalue weighted by Crippen LogP contribution is 2.29. The molecule has 0 saturated carbocycles. The van der Waals surface area contributed by atoms with Gasteiger partial charge >= 0.3 is 0 Å². The third-order valence-electron chi connectivity index (χ3n) is 3.47. The molecule has 1 rings (SSSR count). The molecule has 1 aliphatic rings. The molecule has 1 fully saturated rings. The van der Waals surface area contributed by atoms with Crippen LogP contribution < -0.4 is 0 Å². The summed E-state index contributed by atoms with van der Waals surface area (Å²) in [6.07, 6.45) is 22.9. The smallest absolute Gasteiger partial charge is 0.188 e. The summed E-state index contributed by atoms with van der Waals surface area (Å²) in [6.45, 7) is 0.247. The Kier molecular flexibility index (Phi) is 11.5. The molecule has 0 aliphatic carbocycles. The number of rotatable bonds is 11. The molecule has 0 N–H and O–H groups in total. The number of ether oxygens (including phenoxy) is 6. The molecule has 1 aliphatic heterocycles. The standard InChI is InChI=1S/C21H22O6/c1-6-11-22-16-17-18(23-12-7-2)19(24-13-8-3)20(25-14-9-4)21(27-17)26-15-10-5/h1-5,17-21H,11-16H2/t17?,18-,19?,20?,21-/m1/s1. The van der Waals surface area contributed by atoms with Crippen molar-refractivity contribution in [3.63, 3.8) is 0 Å². The number of terminal acetylenes is 5. The zero-order valence-electron chi connectivity index (χ0n) is 15.0. The van der Waals surface area contributed by atoms with Crippen molar-refractivity contribution in [2.24, 2.45) is 0 Å². The van der Waals surface area contributed by atoms with Gasteiger partial charge in [0.2, 0.25) is 0 Å². The highest BCUT2D eigenvalue weighted by Gasteiger charge is 2.48. The Morgan fingerprint density at radius 1 is 0.593 bits per heavy atom. The fourth-order valence-electron chi connectivity index (χ4n) is 2.51. The van der Waals surface area contributed by atoms with E-state index < -0.39 is 30.7 Å². The average Bonchev–Trinajstić information content (AvgIpc) is 2.68. The lowest BCUT2D eigenvalue weighted by molar-refractivity contribution is -0.316. The van der Waals surface area contributed by atoms with Crippen molar-refractivity contribution in [1.82, 2.24) is 0 Å². The highest BCUT2D eigenvalue weighted by atomic mass is 16.7. The minimum atomic E-state index is -0.873. The molecule has 0 aromatic heterocycles. The van der Waals surface area contributed by atoms with E-state index >= 15 is 0 Å². The van der Waals surface area contributed by atoms with E-state index in [1.165, 1.54) is 0 Å². The van der Waals surface area contributed by atoms with Crippen LogP contribution in [0.5, 0.6) is 0 Å². The molecule has 0 amide bonds. The first-order chi connectivity index (χ1) is 13.2. The van der Waals surface area contributed by atoms with Crippen molar-refractivity contribution in [3.05, 3.63) is 0 Å². The van der Waals surface area contributed by atoms with E-state index in [-0.39, 0.29) is 39.6 Å². The molecular formula is C21H22O6. The molecule has 27 heavy (non-hydrogen) atoms. The van der Waals surface area contributed by atoms with Gasteiger partial charge in [0, 0.05) is 0 Å². The predicted molar refractivity (Wildman–Crippen MR) is 98.8 cm³/mol. The van der Waals surface area contributed by atoms with Gasteiger partial charge in [-0.25, -0.2) is 0 Å². The minimum Gasteiger partial charge on any atom is -0.366 e. The Balaban J connectivity index is 3.10. The van der Waals surface area contributed by atoms with Crippen molar-refractivity contribution in [1.29, 1.82) is 0 Å². The molecule has 6 heteroatoms. The van der Waals surface area contributed by atoms with Gasteiger partial charge in [-0.2, -0.15) is 0 Å². The SMILES string of the molecule is C#CCOCC1O[C@@H](OCC#C)C(OCC#C)C(OCC#C)[C@@H]1OCC#C. The predicted octanol–water partition coefficient (Wildman–Crippen LogP) is 0.0661. The quantitative estimate of drug-likeness (QED) is 0.379. The normalized spacial score (nSPS) is 26.7. The fourth-order valence-corrected chi connectivity index (χ4v) is 2.51. The Labute approximate surface area is 161 Å². The van der Waals surface area contributed by atoms with E-state index in [0.717, 1.165) is 0 Å². The maximum Gasteiger partial charge on any atom is 0.188 e. The lowest BCUT2D eigenvalue weighted by atomic mass is 9.98. The van der Waals surface area contributed by atoms with E-state index in [2.05, 4.69) is 29.6 Å². The van der Waals surface area contributed by atoms with Crippen LogP contribution in [0.25, 0.3) is 0 Å². The van der Waals surface area contributed by atoms with Gasteiger partial charge in [0.1, 0.15) is 57.5 Å². The van der Waals surface area contributed by atoms with Crippen LogP contribution in [0.4, 0.5) is 0 Å².